The third-order valence-electron chi connectivity index (χ3n) is 3.82. The molecule has 0 bridgehead atoms. The molecule has 1 aromatic rings. The lowest BCUT2D eigenvalue weighted by Crippen LogP contribution is -2.35. The second-order valence-corrected chi connectivity index (χ2v) is 6.42. The van der Waals surface area contributed by atoms with Gasteiger partial charge >= 0.3 is 0 Å². The molecule has 3 heteroatoms. The number of carbonyl (C=O) groups excluding carboxylic acids is 1. The number of likely N-dealkylation sites (tertiary alicyclic amines) is 1. The summed E-state index contributed by atoms with van der Waals surface area (Å²) in [6.07, 6.45) is 5.68. The van der Waals surface area contributed by atoms with Crippen LogP contribution in [0.2, 0.25) is 0 Å². The van der Waals surface area contributed by atoms with Gasteiger partial charge in [-0.2, -0.15) is 0 Å². The van der Waals surface area contributed by atoms with Gasteiger partial charge in [-0.15, -0.1) is 0 Å². The fraction of sp³-hybridized carbons (Fsp3) is 0.562. The first-order valence-electron chi connectivity index (χ1n) is 7.13. The highest BCUT2D eigenvalue weighted by Crippen LogP contribution is 2.22. The van der Waals surface area contributed by atoms with E-state index in [1.807, 2.05) is 0 Å². The summed E-state index contributed by atoms with van der Waals surface area (Å²) in [6, 6.07) is 8.95. The van der Waals surface area contributed by atoms with E-state index in [-0.39, 0.29) is 0 Å². The van der Waals surface area contributed by atoms with Crippen molar-refractivity contribution in [3.8, 4) is 0 Å². The molecule has 0 saturated carbocycles. The fourth-order valence-corrected chi connectivity index (χ4v) is 3.10. The van der Waals surface area contributed by atoms with Crippen molar-refractivity contribution in [3.05, 3.63) is 34.3 Å². The van der Waals surface area contributed by atoms with Gasteiger partial charge in [0.1, 0.15) is 5.78 Å². The molecule has 0 N–H and O–H groups in total. The van der Waals surface area contributed by atoms with Gasteiger partial charge < -0.3 is 0 Å². The first-order valence-corrected chi connectivity index (χ1v) is 7.92. The second-order valence-electron chi connectivity index (χ2n) is 5.51. The van der Waals surface area contributed by atoms with Gasteiger partial charge in [0.25, 0.3) is 0 Å². The van der Waals surface area contributed by atoms with Crippen LogP contribution in [0, 0.1) is 0 Å². The molecular formula is C16H22BrNO. The predicted octanol–water partition coefficient (Wildman–Crippen LogP) is 4.17. The van der Waals surface area contributed by atoms with Crippen LogP contribution in [0.5, 0.6) is 0 Å². The lowest BCUT2D eigenvalue weighted by Gasteiger charge is -2.29. The molecule has 1 saturated heterocycles. The summed E-state index contributed by atoms with van der Waals surface area (Å²) in [5.74, 6) is 0.313. The summed E-state index contributed by atoms with van der Waals surface area (Å²) >= 11 is 3.47. The summed E-state index contributed by atoms with van der Waals surface area (Å²) in [7, 11) is 0. The zero-order valence-electron chi connectivity index (χ0n) is 11.6. The van der Waals surface area contributed by atoms with E-state index in [9.17, 15) is 4.79 Å². The number of Topliss-reactive ketones (excluding diaryl/α,β-unsaturated/α-hetero) is 1. The summed E-state index contributed by atoms with van der Waals surface area (Å²) in [6.45, 7) is 3.79. The lowest BCUT2D eigenvalue weighted by molar-refractivity contribution is -0.118. The van der Waals surface area contributed by atoms with E-state index < -0.39 is 0 Å². The van der Waals surface area contributed by atoms with Crippen LogP contribution >= 0.6 is 15.9 Å². The average Bonchev–Trinajstić information content (AvgIpc) is 2.58. The maximum Gasteiger partial charge on any atom is 0.131 e. The van der Waals surface area contributed by atoms with Crippen molar-refractivity contribution >= 4 is 21.7 Å². The van der Waals surface area contributed by atoms with Crippen molar-refractivity contribution < 1.29 is 4.79 Å². The van der Waals surface area contributed by atoms with Crippen LogP contribution < -0.4 is 0 Å². The van der Waals surface area contributed by atoms with E-state index in [0.29, 0.717) is 18.2 Å². The number of carbonyl (C=O) groups is 1. The second kappa shape index (κ2) is 7.20. The van der Waals surface area contributed by atoms with Crippen molar-refractivity contribution in [1.29, 1.82) is 0 Å². The van der Waals surface area contributed by atoms with Crippen molar-refractivity contribution in [1.82, 2.24) is 4.90 Å². The number of ketones is 1. The molecule has 1 fully saturated rings. The smallest absolute Gasteiger partial charge is 0.131 e. The van der Waals surface area contributed by atoms with E-state index in [1.54, 1.807) is 6.92 Å². The zero-order valence-corrected chi connectivity index (χ0v) is 13.2. The van der Waals surface area contributed by atoms with Crippen LogP contribution in [0.4, 0.5) is 0 Å². The Morgan fingerprint density at radius 1 is 1.26 bits per heavy atom. The molecule has 1 aliphatic heterocycles. The Morgan fingerprint density at radius 3 is 2.68 bits per heavy atom. The van der Waals surface area contributed by atoms with Crippen LogP contribution in [0.3, 0.4) is 0 Å². The average molecular weight is 324 g/mol. The minimum absolute atomic E-state index is 0.313. The van der Waals surface area contributed by atoms with Gasteiger partial charge in [-0.1, -0.05) is 40.9 Å². The maximum absolute atomic E-state index is 11.4. The molecule has 0 aliphatic carbocycles. The van der Waals surface area contributed by atoms with Crippen molar-refractivity contribution in [2.45, 2.75) is 51.6 Å². The normalized spacial score (nSPS) is 21.1. The number of halogens is 1. The fourth-order valence-electron chi connectivity index (χ4n) is 2.83. The Kier molecular flexibility index (Phi) is 5.59. The number of hydrogen-bond donors (Lipinski definition) is 0. The third-order valence-corrected chi connectivity index (χ3v) is 4.35. The van der Waals surface area contributed by atoms with Crippen LogP contribution in [0.15, 0.2) is 28.7 Å². The molecule has 104 valence electrons. The number of nitrogens with zero attached hydrogens (tertiary/aromatic N) is 1. The Bertz CT molecular complexity index is 415. The van der Waals surface area contributed by atoms with Crippen molar-refractivity contribution in [2.24, 2.45) is 0 Å². The van der Waals surface area contributed by atoms with E-state index in [2.05, 4.69) is 45.1 Å². The highest BCUT2D eigenvalue weighted by Gasteiger charge is 2.22. The molecule has 1 heterocycles. The van der Waals surface area contributed by atoms with Gasteiger partial charge in [0.15, 0.2) is 0 Å². The van der Waals surface area contributed by atoms with Crippen LogP contribution in [0.1, 0.15) is 44.6 Å². The molecule has 1 unspecified atom stereocenters. The maximum atomic E-state index is 11.4. The molecule has 1 atom stereocenters. The molecule has 0 amide bonds. The number of rotatable bonds is 4. The molecule has 0 aromatic heterocycles. The molecule has 2 rings (SSSR count). The SMILES string of the molecule is CC(=O)CC1CCCCCN1Cc1ccc(Br)cc1. The van der Waals surface area contributed by atoms with Gasteiger partial charge in [0.2, 0.25) is 0 Å². The molecule has 2 nitrogen and oxygen atoms in total. The minimum atomic E-state index is 0.313. The Balaban J connectivity index is 2.04. The van der Waals surface area contributed by atoms with Crippen molar-refractivity contribution in [2.75, 3.05) is 6.54 Å². The quantitative estimate of drug-likeness (QED) is 0.828. The molecule has 1 aromatic carbocycles. The summed E-state index contributed by atoms with van der Waals surface area (Å²) in [5, 5.41) is 0. The predicted molar refractivity (Wildman–Crippen MR) is 82.1 cm³/mol. The van der Waals surface area contributed by atoms with Crippen LogP contribution in [0.25, 0.3) is 0 Å². The standard InChI is InChI=1S/C16H22BrNO/c1-13(19)11-16-5-3-2-4-10-18(16)12-14-6-8-15(17)9-7-14/h6-9,16H,2-5,10-12H2,1H3. The highest BCUT2D eigenvalue weighted by atomic mass is 79.9. The van der Waals surface area contributed by atoms with Crippen LogP contribution in [-0.4, -0.2) is 23.3 Å². The summed E-state index contributed by atoms with van der Waals surface area (Å²) < 4.78 is 1.12. The molecule has 0 radical (unpaired) electrons. The monoisotopic (exact) mass is 323 g/mol. The summed E-state index contributed by atoms with van der Waals surface area (Å²) in [5.41, 5.74) is 1.33. The topological polar surface area (TPSA) is 20.3 Å². The molecule has 0 spiro atoms. The van der Waals surface area contributed by atoms with E-state index in [4.69, 9.17) is 0 Å². The first kappa shape index (κ1) is 14.7. The lowest BCUT2D eigenvalue weighted by atomic mass is 10.0. The van der Waals surface area contributed by atoms with Gasteiger partial charge in [0, 0.05) is 23.5 Å². The van der Waals surface area contributed by atoms with Crippen LogP contribution in [-0.2, 0) is 11.3 Å². The molecular weight excluding hydrogens is 302 g/mol. The van der Waals surface area contributed by atoms with Gasteiger partial charge in [-0.25, -0.2) is 0 Å². The van der Waals surface area contributed by atoms with E-state index in [1.165, 1.54) is 24.8 Å². The number of benzene rings is 1. The first-order chi connectivity index (χ1) is 9.15. The Labute approximate surface area is 124 Å². The summed E-state index contributed by atoms with van der Waals surface area (Å²) in [4.78, 5) is 13.9. The largest absolute Gasteiger partial charge is 0.300 e. The highest BCUT2D eigenvalue weighted by molar-refractivity contribution is 9.10. The molecule has 19 heavy (non-hydrogen) atoms. The van der Waals surface area contributed by atoms with Gasteiger partial charge in [-0.3, -0.25) is 9.69 Å². The van der Waals surface area contributed by atoms with E-state index in [0.717, 1.165) is 24.0 Å². The third kappa shape index (κ3) is 4.73. The van der Waals surface area contributed by atoms with E-state index >= 15 is 0 Å². The number of hydrogen-bond acceptors (Lipinski definition) is 2. The minimum Gasteiger partial charge on any atom is -0.300 e. The zero-order chi connectivity index (χ0) is 13.7. The Hall–Kier alpha value is -0.670. The van der Waals surface area contributed by atoms with Gasteiger partial charge in [-0.05, 0) is 44.0 Å². The van der Waals surface area contributed by atoms with Gasteiger partial charge in [0.05, 0.1) is 0 Å². The van der Waals surface area contributed by atoms with Crippen molar-refractivity contribution in [3.63, 3.8) is 0 Å². The Morgan fingerprint density at radius 2 is 2.00 bits per heavy atom. The molecule has 1 aliphatic rings.